The highest BCUT2D eigenvalue weighted by Gasteiger charge is 2.11. The summed E-state index contributed by atoms with van der Waals surface area (Å²) in [5.74, 6) is 1.69. The first-order valence-electron chi connectivity index (χ1n) is 7.04. The van der Waals surface area contributed by atoms with Crippen LogP contribution in [0, 0.1) is 0 Å². The molecule has 0 spiro atoms. The summed E-state index contributed by atoms with van der Waals surface area (Å²) in [6, 6.07) is 15.8. The van der Waals surface area contributed by atoms with E-state index in [-0.39, 0.29) is 0 Å². The third kappa shape index (κ3) is 3.53. The van der Waals surface area contributed by atoms with Gasteiger partial charge in [0.25, 0.3) is 0 Å². The number of hydrogen-bond donors (Lipinski definition) is 0. The summed E-state index contributed by atoms with van der Waals surface area (Å²) in [4.78, 5) is 2.49. The fourth-order valence-electron chi connectivity index (χ4n) is 2.54. The minimum Gasteiger partial charge on any atom is -0.457 e. The first-order valence-corrected chi connectivity index (χ1v) is 7.42. The Hall–Kier alpha value is -1.51. The van der Waals surface area contributed by atoms with E-state index < -0.39 is 0 Å². The number of ether oxygens (including phenoxy) is 1. The monoisotopic (exact) mass is 287 g/mol. The molecular formula is C17H18ClNO. The molecular weight excluding hydrogens is 270 g/mol. The SMILES string of the molecule is Clc1ccc(Oc2cccc(CN3CCCC3)c2)cc1. The summed E-state index contributed by atoms with van der Waals surface area (Å²) in [5, 5.41) is 0.722. The van der Waals surface area contributed by atoms with Gasteiger partial charge in [-0.05, 0) is 67.9 Å². The van der Waals surface area contributed by atoms with Crippen LogP contribution < -0.4 is 4.74 Å². The molecule has 0 aliphatic carbocycles. The molecule has 0 N–H and O–H groups in total. The van der Waals surface area contributed by atoms with Crippen molar-refractivity contribution in [1.29, 1.82) is 0 Å². The second-order valence-corrected chi connectivity index (χ2v) is 5.62. The average Bonchev–Trinajstić information content (AvgIpc) is 2.95. The maximum atomic E-state index is 5.87. The van der Waals surface area contributed by atoms with Gasteiger partial charge in [-0.25, -0.2) is 0 Å². The fourth-order valence-corrected chi connectivity index (χ4v) is 2.67. The van der Waals surface area contributed by atoms with Gasteiger partial charge in [0, 0.05) is 11.6 Å². The minimum absolute atomic E-state index is 0.722. The topological polar surface area (TPSA) is 12.5 Å². The van der Waals surface area contributed by atoms with E-state index in [4.69, 9.17) is 16.3 Å². The van der Waals surface area contributed by atoms with E-state index >= 15 is 0 Å². The van der Waals surface area contributed by atoms with E-state index in [2.05, 4.69) is 23.1 Å². The second-order valence-electron chi connectivity index (χ2n) is 5.19. The van der Waals surface area contributed by atoms with Gasteiger partial charge in [-0.2, -0.15) is 0 Å². The quantitative estimate of drug-likeness (QED) is 0.806. The maximum Gasteiger partial charge on any atom is 0.127 e. The Bertz CT molecular complexity index is 561. The first-order chi connectivity index (χ1) is 9.79. The molecule has 1 fully saturated rings. The molecule has 1 aliphatic heterocycles. The molecule has 2 nitrogen and oxygen atoms in total. The van der Waals surface area contributed by atoms with E-state index in [1.165, 1.54) is 31.5 Å². The average molecular weight is 288 g/mol. The van der Waals surface area contributed by atoms with Crippen LogP contribution in [0.5, 0.6) is 11.5 Å². The van der Waals surface area contributed by atoms with E-state index in [1.54, 1.807) is 0 Å². The Morgan fingerprint density at radius 2 is 1.70 bits per heavy atom. The summed E-state index contributed by atoms with van der Waals surface area (Å²) >= 11 is 5.87. The highest BCUT2D eigenvalue weighted by Crippen LogP contribution is 2.24. The molecule has 0 atom stereocenters. The number of likely N-dealkylation sites (tertiary alicyclic amines) is 1. The molecule has 104 valence electrons. The van der Waals surface area contributed by atoms with Gasteiger partial charge in [0.15, 0.2) is 0 Å². The molecule has 2 aromatic carbocycles. The van der Waals surface area contributed by atoms with Crippen LogP contribution in [0.4, 0.5) is 0 Å². The third-order valence-electron chi connectivity index (χ3n) is 3.55. The van der Waals surface area contributed by atoms with Crippen molar-refractivity contribution >= 4 is 11.6 Å². The third-order valence-corrected chi connectivity index (χ3v) is 3.80. The van der Waals surface area contributed by atoms with Crippen molar-refractivity contribution in [2.45, 2.75) is 19.4 Å². The Morgan fingerprint density at radius 1 is 0.950 bits per heavy atom. The molecule has 0 unspecified atom stereocenters. The largest absolute Gasteiger partial charge is 0.457 e. The molecule has 1 heterocycles. The summed E-state index contributed by atoms with van der Waals surface area (Å²) < 4.78 is 5.86. The lowest BCUT2D eigenvalue weighted by molar-refractivity contribution is 0.331. The van der Waals surface area contributed by atoms with Gasteiger partial charge in [0.05, 0.1) is 0 Å². The van der Waals surface area contributed by atoms with Gasteiger partial charge < -0.3 is 4.74 Å². The molecule has 0 saturated carbocycles. The zero-order valence-corrected chi connectivity index (χ0v) is 12.1. The molecule has 1 aliphatic rings. The van der Waals surface area contributed by atoms with Crippen LogP contribution in [0.2, 0.25) is 5.02 Å². The van der Waals surface area contributed by atoms with Crippen molar-refractivity contribution < 1.29 is 4.74 Å². The van der Waals surface area contributed by atoms with E-state index in [0.29, 0.717) is 0 Å². The Labute approximate surface area is 124 Å². The Morgan fingerprint density at radius 3 is 2.45 bits per heavy atom. The van der Waals surface area contributed by atoms with Crippen LogP contribution in [0.3, 0.4) is 0 Å². The van der Waals surface area contributed by atoms with Gasteiger partial charge in [-0.1, -0.05) is 23.7 Å². The molecule has 0 amide bonds. The van der Waals surface area contributed by atoms with Crippen LogP contribution in [-0.4, -0.2) is 18.0 Å². The summed E-state index contributed by atoms with van der Waals surface area (Å²) in [7, 11) is 0. The lowest BCUT2D eigenvalue weighted by atomic mass is 10.2. The molecule has 3 heteroatoms. The smallest absolute Gasteiger partial charge is 0.127 e. The standard InChI is InChI=1S/C17H18ClNO/c18-15-6-8-16(9-7-15)20-17-5-3-4-14(12-17)13-19-10-1-2-11-19/h3-9,12H,1-2,10-11,13H2. The fraction of sp³-hybridized carbons (Fsp3) is 0.294. The number of rotatable bonds is 4. The van der Waals surface area contributed by atoms with E-state index in [1.807, 2.05) is 30.3 Å². The van der Waals surface area contributed by atoms with Gasteiger partial charge in [0.1, 0.15) is 11.5 Å². The first kappa shape index (κ1) is 13.5. The highest BCUT2D eigenvalue weighted by atomic mass is 35.5. The molecule has 0 bridgehead atoms. The van der Waals surface area contributed by atoms with Crippen LogP contribution in [0.25, 0.3) is 0 Å². The van der Waals surface area contributed by atoms with Crippen molar-refractivity contribution in [1.82, 2.24) is 4.90 Å². The van der Waals surface area contributed by atoms with Crippen molar-refractivity contribution in [2.75, 3.05) is 13.1 Å². The minimum atomic E-state index is 0.722. The lowest BCUT2D eigenvalue weighted by Gasteiger charge is -2.15. The van der Waals surface area contributed by atoms with Crippen LogP contribution in [0.15, 0.2) is 48.5 Å². The summed E-state index contributed by atoms with van der Waals surface area (Å²) in [6.45, 7) is 3.43. The normalized spacial score (nSPS) is 15.4. The van der Waals surface area contributed by atoms with Gasteiger partial charge in [0.2, 0.25) is 0 Å². The van der Waals surface area contributed by atoms with Crippen molar-refractivity contribution in [3.63, 3.8) is 0 Å². The Balaban J connectivity index is 1.68. The van der Waals surface area contributed by atoms with Crippen LogP contribution in [0.1, 0.15) is 18.4 Å². The Kier molecular flexibility index (Phi) is 4.24. The molecule has 0 radical (unpaired) electrons. The number of nitrogens with zero attached hydrogens (tertiary/aromatic N) is 1. The highest BCUT2D eigenvalue weighted by molar-refractivity contribution is 6.30. The summed E-state index contributed by atoms with van der Waals surface area (Å²) in [6.07, 6.45) is 2.64. The number of halogens is 1. The molecule has 1 saturated heterocycles. The van der Waals surface area contributed by atoms with Gasteiger partial charge >= 0.3 is 0 Å². The predicted octanol–water partition coefficient (Wildman–Crippen LogP) is 4.73. The van der Waals surface area contributed by atoms with Crippen LogP contribution >= 0.6 is 11.6 Å². The molecule has 3 rings (SSSR count). The van der Waals surface area contributed by atoms with Gasteiger partial charge in [-0.3, -0.25) is 4.90 Å². The molecule has 0 aromatic heterocycles. The number of hydrogen-bond acceptors (Lipinski definition) is 2. The van der Waals surface area contributed by atoms with Crippen molar-refractivity contribution in [3.05, 3.63) is 59.1 Å². The molecule has 20 heavy (non-hydrogen) atoms. The maximum absolute atomic E-state index is 5.87. The predicted molar refractivity (Wildman–Crippen MR) is 82.5 cm³/mol. The lowest BCUT2D eigenvalue weighted by Crippen LogP contribution is -2.18. The van der Waals surface area contributed by atoms with E-state index in [9.17, 15) is 0 Å². The molecule has 2 aromatic rings. The second kappa shape index (κ2) is 6.29. The zero-order chi connectivity index (χ0) is 13.8. The number of benzene rings is 2. The van der Waals surface area contributed by atoms with Gasteiger partial charge in [-0.15, -0.1) is 0 Å². The van der Waals surface area contributed by atoms with Crippen molar-refractivity contribution in [2.24, 2.45) is 0 Å². The van der Waals surface area contributed by atoms with Crippen LogP contribution in [-0.2, 0) is 6.54 Å². The van der Waals surface area contributed by atoms with E-state index in [0.717, 1.165) is 23.1 Å². The summed E-state index contributed by atoms with van der Waals surface area (Å²) in [5.41, 5.74) is 1.30. The van der Waals surface area contributed by atoms with Crippen molar-refractivity contribution in [3.8, 4) is 11.5 Å². The zero-order valence-electron chi connectivity index (χ0n) is 11.4.